The fourth-order valence-electron chi connectivity index (χ4n) is 4.69. The van der Waals surface area contributed by atoms with Gasteiger partial charge in [-0.1, -0.05) is 30.4 Å². The predicted molar refractivity (Wildman–Crippen MR) is 144 cm³/mol. The van der Waals surface area contributed by atoms with Gasteiger partial charge in [0.1, 0.15) is 11.9 Å². The van der Waals surface area contributed by atoms with Gasteiger partial charge in [0.25, 0.3) is 0 Å². The van der Waals surface area contributed by atoms with Gasteiger partial charge in [0, 0.05) is 16.8 Å². The summed E-state index contributed by atoms with van der Waals surface area (Å²) in [7, 11) is -3.25. The number of nitrogen functional groups attached to an aromatic ring is 1. The largest absolute Gasteiger partial charge is 0.463 e. The quantitative estimate of drug-likeness (QED) is 0.357. The van der Waals surface area contributed by atoms with Crippen LogP contribution in [0.5, 0.6) is 5.88 Å². The molecule has 1 aliphatic carbocycles. The van der Waals surface area contributed by atoms with Crippen LogP contribution in [0.1, 0.15) is 46.5 Å². The molecule has 2 aromatic rings. The van der Waals surface area contributed by atoms with Crippen LogP contribution >= 0.6 is 18.7 Å². The standard InChI is InChI=1S/C26H33N4O3PS/c1-4-6-20(23-26(2,3)33-25-22(30-23)24(27)28-17-29-25)8-5-7-18-9-11-19(12-10-18)15-34(31,32)21-13-14-35-16-21/h4-8,13-14,16-19H,9-12,15H2,1-3H3,(H,31,32)(H2,27,28,29)/b6-4-,7-5+,20-8+. The summed E-state index contributed by atoms with van der Waals surface area (Å²) in [6.45, 7) is 5.90. The lowest BCUT2D eigenvalue weighted by Crippen LogP contribution is -2.41. The normalized spacial score (nSPS) is 24.1. The Morgan fingerprint density at radius 3 is 2.77 bits per heavy atom. The minimum absolute atomic E-state index is 0.293. The molecule has 9 heteroatoms. The van der Waals surface area contributed by atoms with Crippen LogP contribution in [-0.4, -0.2) is 32.3 Å². The molecule has 0 radical (unpaired) electrons. The Kier molecular flexibility index (Phi) is 7.74. The van der Waals surface area contributed by atoms with Crippen molar-refractivity contribution in [2.45, 2.75) is 52.1 Å². The molecule has 3 heterocycles. The van der Waals surface area contributed by atoms with Gasteiger partial charge >= 0.3 is 0 Å². The first-order valence-corrected chi connectivity index (χ1v) is 14.7. The molecular weight excluding hydrogens is 479 g/mol. The lowest BCUT2D eigenvalue weighted by molar-refractivity contribution is 0.171. The second-order valence-electron chi connectivity index (χ2n) is 9.64. The summed E-state index contributed by atoms with van der Waals surface area (Å²) in [4.78, 5) is 23.5. The van der Waals surface area contributed by atoms with Gasteiger partial charge in [-0.3, -0.25) is 4.57 Å². The zero-order valence-electron chi connectivity index (χ0n) is 20.4. The van der Waals surface area contributed by atoms with Gasteiger partial charge in [0.15, 0.2) is 11.5 Å². The number of aliphatic imine (C=N–C) groups is 1. The molecule has 35 heavy (non-hydrogen) atoms. The number of ether oxygens (including phenoxy) is 1. The molecule has 1 fully saturated rings. The fourth-order valence-corrected chi connectivity index (χ4v) is 7.74. The van der Waals surface area contributed by atoms with E-state index in [0.717, 1.165) is 37.0 Å². The third kappa shape index (κ3) is 6.00. The average molecular weight is 513 g/mol. The third-order valence-corrected chi connectivity index (χ3v) is 9.50. The first-order valence-electron chi connectivity index (χ1n) is 11.9. The number of rotatable bonds is 7. The van der Waals surface area contributed by atoms with Gasteiger partial charge in [0.05, 0.1) is 5.71 Å². The van der Waals surface area contributed by atoms with Crippen molar-refractivity contribution in [3.63, 3.8) is 0 Å². The summed E-state index contributed by atoms with van der Waals surface area (Å²) in [5.41, 5.74) is 7.51. The van der Waals surface area contributed by atoms with E-state index in [9.17, 15) is 9.46 Å². The van der Waals surface area contributed by atoms with Gasteiger partial charge in [-0.25, -0.2) is 9.98 Å². The monoisotopic (exact) mass is 512 g/mol. The average Bonchev–Trinajstić information content (AvgIpc) is 3.35. The first-order chi connectivity index (χ1) is 16.7. The van der Waals surface area contributed by atoms with Crippen molar-refractivity contribution in [3.8, 4) is 5.88 Å². The zero-order chi connectivity index (χ0) is 25.1. The number of allylic oxidation sites excluding steroid dienone is 5. The maximum absolute atomic E-state index is 12.7. The lowest BCUT2D eigenvalue weighted by Gasteiger charge is -2.32. The van der Waals surface area contributed by atoms with E-state index in [1.807, 2.05) is 38.3 Å². The number of fused-ring (bicyclic) bond motifs is 1. The zero-order valence-corrected chi connectivity index (χ0v) is 22.1. The van der Waals surface area contributed by atoms with Crippen LogP contribution in [0.25, 0.3) is 0 Å². The van der Waals surface area contributed by atoms with Crippen molar-refractivity contribution in [1.29, 1.82) is 0 Å². The first kappa shape index (κ1) is 25.5. The molecule has 4 rings (SSSR count). The van der Waals surface area contributed by atoms with Crippen molar-refractivity contribution < 1.29 is 14.2 Å². The van der Waals surface area contributed by atoms with Crippen LogP contribution in [0.2, 0.25) is 0 Å². The summed E-state index contributed by atoms with van der Waals surface area (Å²) in [6, 6.07) is 1.78. The smallest absolute Gasteiger partial charge is 0.246 e. The summed E-state index contributed by atoms with van der Waals surface area (Å²) in [6.07, 6.45) is 16.1. The molecule has 1 saturated carbocycles. The molecule has 0 aromatic carbocycles. The van der Waals surface area contributed by atoms with Gasteiger partial charge in [-0.2, -0.15) is 16.3 Å². The third-order valence-electron chi connectivity index (χ3n) is 6.55. The van der Waals surface area contributed by atoms with Gasteiger partial charge < -0.3 is 15.4 Å². The molecule has 186 valence electrons. The molecule has 1 atom stereocenters. The molecule has 0 bridgehead atoms. The van der Waals surface area contributed by atoms with Crippen LogP contribution in [-0.2, 0) is 4.57 Å². The van der Waals surface area contributed by atoms with Crippen LogP contribution in [0.15, 0.2) is 64.1 Å². The fraction of sp³-hybridized carbons (Fsp3) is 0.423. The van der Waals surface area contributed by atoms with Gasteiger partial charge in [-0.15, -0.1) is 0 Å². The van der Waals surface area contributed by atoms with Crippen LogP contribution < -0.4 is 15.8 Å². The molecule has 2 aliphatic rings. The topological polar surface area (TPSA) is 111 Å². The van der Waals surface area contributed by atoms with E-state index in [1.165, 1.54) is 17.7 Å². The molecule has 7 nitrogen and oxygen atoms in total. The summed E-state index contributed by atoms with van der Waals surface area (Å²) in [5.74, 6) is 1.44. The van der Waals surface area contributed by atoms with Crippen molar-refractivity contribution in [1.82, 2.24) is 9.97 Å². The van der Waals surface area contributed by atoms with Crippen molar-refractivity contribution in [3.05, 3.63) is 59.1 Å². The highest BCUT2D eigenvalue weighted by Gasteiger charge is 2.35. The van der Waals surface area contributed by atoms with Gasteiger partial charge in [-0.05, 0) is 75.3 Å². The van der Waals surface area contributed by atoms with E-state index >= 15 is 0 Å². The molecule has 1 aliphatic heterocycles. The Bertz CT molecular complexity index is 1210. The van der Waals surface area contributed by atoms with Crippen molar-refractivity contribution in [2.75, 3.05) is 11.9 Å². The maximum atomic E-state index is 12.7. The van der Waals surface area contributed by atoms with Crippen molar-refractivity contribution >= 4 is 41.2 Å². The Morgan fingerprint density at radius 2 is 2.09 bits per heavy atom. The molecule has 0 saturated heterocycles. The number of anilines is 1. The highest BCUT2D eigenvalue weighted by atomic mass is 32.1. The SMILES string of the molecule is C\C=C/C(=C\C=C\C1CCC(CP(=O)(O)c2ccsc2)CC1)C1=Nc2c(N)ncnc2OC1(C)C. The second kappa shape index (κ2) is 10.6. The highest BCUT2D eigenvalue weighted by molar-refractivity contribution is 7.66. The van der Waals surface area contributed by atoms with Crippen LogP contribution in [0.4, 0.5) is 11.5 Å². The Labute approximate surface area is 211 Å². The predicted octanol–water partition coefficient (Wildman–Crippen LogP) is 5.82. The number of nitrogens with two attached hydrogens (primary N) is 1. The number of hydrogen-bond acceptors (Lipinski definition) is 7. The van der Waals surface area contributed by atoms with E-state index in [-0.39, 0.29) is 0 Å². The van der Waals surface area contributed by atoms with E-state index in [4.69, 9.17) is 15.5 Å². The van der Waals surface area contributed by atoms with Crippen LogP contribution in [0, 0.1) is 11.8 Å². The molecular formula is C26H33N4O3PS. The molecule has 1 unspecified atom stereocenters. The molecule has 3 N–H and O–H groups in total. The van der Waals surface area contributed by atoms with E-state index in [2.05, 4.69) is 28.2 Å². The minimum atomic E-state index is -3.25. The van der Waals surface area contributed by atoms with Gasteiger partial charge in [0.2, 0.25) is 13.2 Å². The second-order valence-corrected chi connectivity index (χ2v) is 12.7. The molecule has 2 aromatic heterocycles. The molecule has 0 spiro atoms. The molecule has 0 amide bonds. The van der Waals surface area contributed by atoms with Crippen LogP contribution in [0.3, 0.4) is 0 Å². The summed E-state index contributed by atoms with van der Waals surface area (Å²) < 4.78 is 18.8. The number of thiophene rings is 1. The number of nitrogens with zero attached hydrogens (tertiary/aromatic N) is 3. The summed E-state index contributed by atoms with van der Waals surface area (Å²) >= 11 is 1.47. The highest BCUT2D eigenvalue weighted by Crippen LogP contribution is 2.46. The Morgan fingerprint density at radius 1 is 1.31 bits per heavy atom. The summed E-state index contributed by atoms with van der Waals surface area (Å²) in [5, 5.41) is 4.26. The van der Waals surface area contributed by atoms with Crippen molar-refractivity contribution in [2.24, 2.45) is 16.8 Å². The maximum Gasteiger partial charge on any atom is 0.246 e. The van der Waals surface area contributed by atoms with E-state index < -0.39 is 13.0 Å². The number of aromatic nitrogens is 2. The van der Waals surface area contributed by atoms with E-state index in [1.54, 1.807) is 11.4 Å². The Balaban J connectivity index is 1.43. The minimum Gasteiger partial charge on any atom is -0.463 e. The Hall–Kier alpha value is -2.54. The lowest BCUT2D eigenvalue weighted by atomic mass is 9.82. The number of hydrogen-bond donors (Lipinski definition) is 2. The van der Waals surface area contributed by atoms with E-state index in [0.29, 0.717) is 40.7 Å².